The molecule has 6 nitrogen and oxygen atoms in total. The van der Waals surface area contributed by atoms with Gasteiger partial charge < -0.3 is 15.1 Å². The van der Waals surface area contributed by atoms with Crippen molar-refractivity contribution in [1.82, 2.24) is 14.8 Å². The maximum Gasteiger partial charge on any atom is 0.321 e. The molecule has 4 rings (SSSR count). The molecule has 2 aliphatic heterocycles. The van der Waals surface area contributed by atoms with Gasteiger partial charge in [0.2, 0.25) is 5.91 Å². The molecule has 2 aromatic rings. The minimum atomic E-state index is -0.280. The van der Waals surface area contributed by atoms with Crippen molar-refractivity contribution < 1.29 is 9.59 Å². The highest BCUT2D eigenvalue weighted by Crippen LogP contribution is 2.39. The Labute approximate surface area is 163 Å². The Morgan fingerprint density at radius 1 is 1.19 bits per heavy atom. The Hall–Kier alpha value is -2.60. The van der Waals surface area contributed by atoms with Crippen LogP contribution < -0.4 is 5.32 Å². The second kappa shape index (κ2) is 7.19. The van der Waals surface area contributed by atoms with Gasteiger partial charge in [0.15, 0.2) is 0 Å². The summed E-state index contributed by atoms with van der Waals surface area (Å²) >= 11 is 6.14. The summed E-state index contributed by atoms with van der Waals surface area (Å²) < 4.78 is 0. The van der Waals surface area contributed by atoms with Gasteiger partial charge in [-0.3, -0.25) is 9.78 Å². The fourth-order valence-corrected chi connectivity index (χ4v) is 4.19. The molecule has 0 radical (unpaired) electrons. The molecule has 140 valence electrons. The predicted molar refractivity (Wildman–Crippen MR) is 103 cm³/mol. The van der Waals surface area contributed by atoms with Gasteiger partial charge >= 0.3 is 6.03 Å². The molecule has 2 fully saturated rings. The number of hydrogen-bond donors (Lipinski definition) is 1. The molecule has 27 heavy (non-hydrogen) atoms. The second-order valence-corrected chi connectivity index (χ2v) is 7.55. The third kappa shape index (κ3) is 3.49. The zero-order valence-electron chi connectivity index (χ0n) is 14.9. The molecule has 1 N–H and O–H groups in total. The van der Waals surface area contributed by atoms with E-state index in [0.717, 1.165) is 18.4 Å². The van der Waals surface area contributed by atoms with Crippen LogP contribution in [0.4, 0.5) is 10.5 Å². The van der Waals surface area contributed by atoms with E-state index < -0.39 is 0 Å². The SMILES string of the molecule is O=C(Nc1ccccc1Cl)N1CCC2(CCC(=O)N2Cc2ccncc2)C1. The number of aromatic nitrogens is 1. The lowest BCUT2D eigenvalue weighted by Crippen LogP contribution is -2.48. The number of nitrogens with one attached hydrogen (secondary N) is 1. The Kier molecular flexibility index (Phi) is 4.74. The first-order valence-corrected chi connectivity index (χ1v) is 9.45. The minimum Gasteiger partial charge on any atom is -0.331 e. The molecule has 0 aliphatic carbocycles. The number of benzene rings is 1. The molecule has 1 atom stereocenters. The summed E-state index contributed by atoms with van der Waals surface area (Å²) in [6.45, 7) is 1.72. The van der Waals surface area contributed by atoms with Crippen LogP contribution in [-0.4, -0.2) is 45.4 Å². The Morgan fingerprint density at radius 2 is 1.96 bits per heavy atom. The number of para-hydroxylation sites is 1. The first-order valence-electron chi connectivity index (χ1n) is 9.07. The zero-order valence-corrected chi connectivity index (χ0v) is 15.7. The van der Waals surface area contributed by atoms with Crippen LogP contribution >= 0.6 is 11.6 Å². The Morgan fingerprint density at radius 3 is 2.74 bits per heavy atom. The van der Waals surface area contributed by atoms with Crippen LogP contribution in [0.3, 0.4) is 0 Å². The van der Waals surface area contributed by atoms with Gasteiger partial charge in [-0.25, -0.2) is 4.79 Å². The summed E-state index contributed by atoms with van der Waals surface area (Å²) in [6.07, 6.45) is 5.58. The number of rotatable bonds is 3. The molecule has 1 aromatic carbocycles. The number of urea groups is 1. The van der Waals surface area contributed by atoms with Crippen molar-refractivity contribution in [2.24, 2.45) is 0 Å². The van der Waals surface area contributed by atoms with E-state index in [1.54, 1.807) is 29.4 Å². The van der Waals surface area contributed by atoms with Gasteiger partial charge in [-0.05, 0) is 42.7 Å². The Bertz CT molecular complexity index is 860. The van der Waals surface area contributed by atoms with Crippen molar-refractivity contribution in [2.75, 3.05) is 18.4 Å². The summed E-state index contributed by atoms with van der Waals surface area (Å²) in [6, 6.07) is 10.9. The highest BCUT2D eigenvalue weighted by atomic mass is 35.5. The minimum absolute atomic E-state index is 0.153. The maximum atomic E-state index is 12.7. The van der Waals surface area contributed by atoms with E-state index in [0.29, 0.717) is 36.8 Å². The molecule has 3 heterocycles. The van der Waals surface area contributed by atoms with Crippen molar-refractivity contribution in [3.05, 3.63) is 59.4 Å². The molecule has 1 unspecified atom stereocenters. The van der Waals surface area contributed by atoms with Crippen LogP contribution in [0.5, 0.6) is 0 Å². The van der Waals surface area contributed by atoms with Gasteiger partial charge in [0.1, 0.15) is 0 Å². The van der Waals surface area contributed by atoms with E-state index >= 15 is 0 Å². The van der Waals surface area contributed by atoms with Crippen molar-refractivity contribution in [1.29, 1.82) is 0 Å². The molecule has 3 amide bonds. The average Bonchev–Trinajstić information content (AvgIpc) is 3.24. The van der Waals surface area contributed by atoms with Crippen LogP contribution in [0.25, 0.3) is 0 Å². The van der Waals surface area contributed by atoms with Gasteiger partial charge in [0, 0.05) is 38.4 Å². The number of pyridine rings is 1. The molecular formula is C20H21ClN4O2. The molecule has 7 heteroatoms. The fourth-order valence-electron chi connectivity index (χ4n) is 4.01. The van der Waals surface area contributed by atoms with Gasteiger partial charge in [-0.15, -0.1) is 0 Å². The molecule has 1 spiro atoms. The van der Waals surface area contributed by atoms with Gasteiger partial charge in [-0.2, -0.15) is 0 Å². The molecule has 2 aliphatic rings. The van der Waals surface area contributed by atoms with Gasteiger partial charge in [-0.1, -0.05) is 23.7 Å². The lowest BCUT2D eigenvalue weighted by Gasteiger charge is -2.35. The highest BCUT2D eigenvalue weighted by molar-refractivity contribution is 6.33. The fraction of sp³-hybridized carbons (Fsp3) is 0.350. The third-order valence-electron chi connectivity index (χ3n) is 5.50. The van der Waals surface area contributed by atoms with E-state index in [4.69, 9.17) is 11.6 Å². The van der Waals surface area contributed by atoms with E-state index in [1.807, 2.05) is 29.2 Å². The van der Waals surface area contributed by atoms with Crippen molar-refractivity contribution in [3.63, 3.8) is 0 Å². The summed E-state index contributed by atoms with van der Waals surface area (Å²) in [5, 5.41) is 3.39. The molecule has 2 saturated heterocycles. The summed E-state index contributed by atoms with van der Waals surface area (Å²) in [5.74, 6) is 0.153. The first kappa shape index (κ1) is 17.8. The molecule has 0 bridgehead atoms. The monoisotopic (exact) mass is 384 g/mol. The van der Waals surface area contributed by atoms with E-state index in [2.05, 4.69) is 10.3 Å². The van der Waals surface area contributed by atoms with Crippen LogP contribution in [0.1, 0.15) is 24.8 Å². The van der Waals surface area contributed by atoms with Crippen LogP contribution in [0.2, 0.25) is 5.02 Å². The first-order chi connectivity index (χ1) is 13.1. The van der Waals surface area contributed by atoms with Gasteiger partial charge in [0.25, 0.3) is 0 Å². The number of amides is 3. The van der Waals surface area contributed by atoms with E-state index in [-0.39, 0.29) is 17.5 Å². The summed E-state index contributed by atoms with van der Waals surface area (Å²) in [5.41, 5.74) is 1.37. The summed E-state index contributed by atoms with van der Waals surface area (Å²) in [7, 11) is 0. The second-order valence-electron chi connectivity index (χ2n) is 7.14. The smallest absolute Gasteiger partial charge is 0.321 e. The third-order valence-corrected chi connectivity index (χ3v) is 5.83. The number of halogens is 1. The van der Waals surface area contributed by atoms with Crippen molar-refractivity contribution in [3.8, 4) is 0 Å². The van der Waals surface area contributed by atoms with Crippen molar-refractivity contribution in [2.45, 2.75) is 31.3 Å². The van der Waals surface area contributed by atoms with Crippen LogP contribution in [0.15, 0.2) is 48.8 Å². The number of carbonyl (C=O) groups excluding carboxylic acids is 2. The number of carbonyl (C=O) groups is 2. The lowest BCUT2D eigenvalue weighted by atomic mass is 9.95. The number of anilines is 1. The van der Waals surface area contributed by atoms with E-state index in [1.165, 1.54) is 0 Å². The quantitative estimate of drug-likeness (QED) is 0.880. The highest BCUT2D eigenvalue weighted by Gasteiger charge is 2.50. The number of hydrogen-bond acceptors (Lipinski definition) is 3. The molecule has 0 saturated carbocycles. The topological polar surface area (TPSA) is 65.5 Å². The Balaban J connectivity index is 1.47. The van der Waals surface area contributed by atoms with E-state index in [9.17, 15) is 9.59 Å². The normalized spacial score (nSPS) is 21.9. The standard InChI is InChI=1S/C20H21ClN4O2/c21-16-3-1-2-4-17(16)23-19(27)24-12-9-20(14-24)8-5-18(26)25(20)13-15-6-10-22-11-7-15/h1-4,6-7,10-11H,5,8-9,12-14H2,(H,23,27). The zero-order chi connectivity index (χ0) is 18.9. The van der Waals surface area contributed by atoms with Crippen molar-refractivity contribution >= 4 is 29.2 Å². The average molecular weight is 385 g/mol. The number of nitrogens with zero attached hydrogens (tertiary/aromatic N) is 3. The molecular weight excluding hydrogens is 364 g/mol. The number of likely N-dealkylation sites (tertiary alicyclic amines) is 2. The van der Waals surface area contributed by atoms with Crippen LogP contribution in [0, 0.1) is 0 Å². The maximum absolute atomic E-state index is 12.7. The predicted octanol–water partition coefficient (Wildman–Crippen LogP) is 3.53. The molecule has 1 aromatic heterocycles. The van der Waals surface area contributed by atoms with Gasteiger partial charge in [0.05, 0.1) is 16.2 Å². The largest absolute Gasteiger partial charge is 0.331 e. The van der Waals surface area contributed by atoms with Crippen LogP contribution in [-0.2, 0) is 11.3 Å². The lowest BCUT2D eigenvalue weighted by molar-refractivity contribution is -0.131. The summed E-state index contributed by atoms with van der Waals surface area (Å²) in [4.78, 5) is 33.0.